The van der Waals surface area contributed by atoms with Crippen molar-refractivity contribution in [2.45, 2.75) is 16.1 Å². The van der Waals surface area contributed by atoms with E-state index >= 15 is 0 Å². The van der Waals surface area contributed by atoms with Gasteiger partial charge in [-0.1, -0.05) is 17.4 Å². The SMILES string of the molecule is FC(F)(F)c1cccc(Nc2nnc(-c3ccsc3SCc3ccncc3)s2)c1. The number of halogens is 3. The second-order valence-corrected chi connectivity index (χ2v) is 9.02. The summed E-state index contributed by atoms with van der Waals surface area (Å²) in [5, 5.41) is 14.4. The van der Waals surface area contributed by atoms with E-state index in [9.17, 15) is 13.2 Å². The molecule has 148 valence electrons. The Morgan fingerprint density at radius 1 is 1.03 bits per heavy atom. The lowest BCUT2D eigenvalue weighted by Gasteiger charge is -2.08. The fourth-order valence-electron chi connectivity index (χ4n) is 2.47. The fraction of sp³-hybridized carbons (Fsp3) is 0.105. The molecular formula is C19H13F3N4S3. The molecule has 0 bridgehead atoms. The zero-order chi connectivity index (χ0) is 20.3. The molecule has 3 aromatic heterocycles. The van der Waals surface area contributed by atoms with Crippen LogP contribution in [0.2, 0.25) is 0 Å². The fourth-order valence-corrected chi connectivity index (χ4v) is 5.44. The van der Waals surface area contributed by atoms with Crippen molar-refractivity contribution in [3.63, 3.8) is 0 Å². The predicted octanol–water partition coefficient (Wildman–Crippen LogP) is 6.72. The van der Waals surface area contributed by atoms with Crippen LogP contribution < -0.4 is 5.32 Å². The molecule has 0 fully saturated rings. The number of nitrogens with zero attached hydrogens (tertiary/aromatic N) is 3. The summed E-state index contributed by atoms with van der Waals surface area (Å²) in [6.45, 7) is 0. The molecule has 1 N–H and O–H groups in total. The van der Waals surface area contributed by atoms with Crippen LogP contribution in [0.5, 0.6) is 0 Å². The summed E-state index contributed by atoms with van der Waals surface area (Å²) in [6, 6.07) is 10.9. The van der Waals surface area contributed by atoms with Crippen LogP contribution in [0.15, 0.2) is 64.4 Å². The second-order valence-electron chi connectivity index (χ2n) is 5.88. The Bertz CT molecular complexity index is 1090. The quantitative estimate of drug-likeness (QED) is 0.331. The summed E-state index contributed by atoms with van der Waals surface area (Å²) in [6.07, 6.45) is -0.856. The van der Waals surface area contributed by atoms with Crippen molar-refractivity contribution in [2.75, 3.05) is 5.32 Å². The summed E-state index contributed by atoms with van der Waals surface area (Å²) in [7, 11) is 0. The maximum absolute atomic E-state index is 12.9. The van der Waals surface area contributed by atoms with E-state index in [0.29, 0.717) is 10.8 Å². The molecule has 0 aliphatic rings. The smallest absolute Gasteiger partial charge is 0.330 e. The second kappa shape index (κ2) is 8.52. The number of benzene rings is 1. The van der Waals surface area contributed by atoms with Crippen LogP contribution in [-0.4, -0.2) is 15.2 Å². The number of alkyl halides is 3. The first-order chi connectivity index (χ1) is 14.0. The van der Waals surface area contributed by atoms with Crippen molar-refractivity contribution in [3.8, 4) is 10.6 Å². The lowest BCUT2D eigenvalue weighted by molar-refractivity contribution is -0.137. The van der Waals surface area contributed by atoms with E-state index in [1.807, 2.05) is 23.6 Å². The first-order valence-corrected chi connectivity index (χ1v) is 11.0. The number of nitrogens with one attached hydrogen (secondary N) is 1. The van der Waals surface area contributed by atoms with Crippen LogP contribution in [0, 0.1) is 0 Å². The lowest BCUT2D eigenvalue weighted by Crippen LogP contribution is -2.05. The minimum absolute atomic E-state index is 0.320. The molecule has 10 heteroatoms. The molecule has 4 rings (SSSR count). The maximum atomic E-state index is 12.9. The third kappa shape index (κ3) is 4.95. The number of rotatable bonds is 6. The van der Waals surface area contributed by atoms with Crippen LogP contribution >= 0.6 is 34.4 Å². The van der Waals surface area contributed by atoms with E-state index in [-0.39, 0.29) is 0 Å². The minimum Gasteiger partial charge on any atom is -0.330 e. The van der Waals surface area contributed by atoms with Gasteiger partial charge in [-0.25, -0.2) is 0 Å². The van der Waals surface area contributed by atoms with Gasteiger partial charge < -0.3 is 5.32 Å². The van der Waals surface area contributed by atoms with E-state index in [1.54, 1.807) is 41.6 Å². The molecule has 0 unspecified atom stereocenters. The van der Waals surface area contributed by atoms with E-state index in [2.05, 4.69) is 20.5 Å². The Hall–Kier alpha value is -2.43. The molecule has 0 aliphatic carbocycles. The third-order valence-corrected chi connectivity index (χ3v) is 7.03. The summed E-state index contributed by atoms with van der Waals surface area (Å²) >= 11 is 4.63. The molecule has 4 nitrogen and oxygen atoms in total. The van der Waals surface area contributed by atoms with Crippen molar-refractivity contribution < 1.29 is 13.2 Å². The molecule has 4 aromatic rings. The monoisotopic (exact) mass is 450 g/mol. The standard InChI is InChI=1S/C19H13F3N4S3/c20-19(21,22)13-2-1-3-14(10-13)24-18-26-25-16(29-18)15-6-9-27-17(15)28-11-12-4-7-23-8-5-12/h1-10H,11H2,(H,24,26). The van der Waals surface area contributed by atoms with Gasteiger partial charge in [-0.2, -0.15) is 13.2 Å². The summed E-state index contributed by atoms with van der Waals surface area (Å²) in [5.74, 6) is 0.810. The molecule has 29 heavy (non-hydrogen) atoms. The molecule has 3 heterocycles. The van der Waals surface area contributed by atoms with E-state index in [1.165, 1.54) is 23.0 Å². The number of hydrogen-bond donors (Lipinski definition) is 1. The highest BCUT2D eigenvalue weighted by molar-refractivity contribution is 8.00. The Labute approximate surface area is 176 Å². The molecule has 0 radical (unpaired) electrons. The van der Waals surface area contributed by atoms with Gasteiger partial charge in [0.25, 0.3) is 0 Å². The number of thiophene rings is 1. The highest BCUT2D eigenvalue weighted by atomic mass is 32.2. The normalized spacial score (nSPS) is 11.6. The average Bonchev–Trinajstić information content (AvgIpc) is 3.36. The van der Waals surface area contributed by atoms with E-state index in [4.69, 9.17) is 0 Å². The largest absolute Gasteiger partial charge is 0.416 e. The average molecular weight is 451 g/mol. The molecule has 0 atom stereocenters. The van der Waals surface area contributed by atoms with Gasteiger partial charge >= 0.3 is 6.18 Å². The Morgan fingerprint density at radius 3 is 2.66 bits per heavy atom. The topological polar surface area (TPSA) is 50.7 Å². The first kappa shape index (κ1) is 19.9. The number of hydrogen-bond acceptors (Lipinski definition) is 7. The van der Waals surface area contributed by atoms with Crippen LogP contribution in [0.4, 0.5) is 24.0 Å². The van der Waals surface area contributed by atoms with E-state index in [0.717, 1.165) is 32.7 Å². The maximum Gasteiger partial charge on any atom is 0.416 e. The van der Waals surface area contributed by atoms with Gasteiger partial charge in [0.05, 0.1) is 9.77 Å². The number of aromatic nitrogens is 3. The molecule has 1 aromatic carbocycles. The summed E-state index contributed by atoms with van der Waals surface area (Å²) < 4.78 is 39.7. The Kier molecular flexibility index (Phi) is 5.84. The molecule has 0 saturated carbocycles. The lowest BCUT2D eigenvalue weighted by atomic mass is 10.2. The van der Waals surface area contributed by atoms with Gasteiger partial charge in [0, 0.05) is 29.4 Å². The number of pyridine rings is 1. The number of thioether (sulfide) groups is 1. The Balaban J connectivity index is 1.48. The van der Waals surface area contributed by atoms with Gasteiger partial charge in [0.1, 0.15) is 0 Å². The van der Waals surface area contributed by atoms with Crippen molar-refractivity contribution in [3.05, 3.63) is 71.4 Å². The van der Waals surface area contributed by atoms with Crippen molar-refractivity contribution in [2.24, 2.45) is 0 Å². The van der Waals surface area contributed by atoms with E-state index < -0.39 is 11.7 Å². The molecule has 0 aliphatic heterocycles. The van der Waals surface area contributed by atoms with Gasteiger partial charge in [-0.3, -0.25) is 4.98 Å². The van der Waals surface area contributed by atoms with Gasteiger partial charge in [0.15, 0.2) is 5.01 Å². The minimum atomic E-state index is -4.39. The third-order valence-electron chi connectivity index (χ3n) is 3.85. The zero-order valence-corrected chi connectivity index (χ0v) is 17.1. The van der Waals surface area contributed by atoms with Crippen molar-refractivity contribution in [1.82, 2.24) is 15.2 Å². The highest BCUT2D eigenvalue weighted by Crippen LogP contribution is 2.40. The van der Waals surface area contributed by atoms with Gasteiger partial charge in [-0.15, -0.1) is 33.3 Å². The summed E-state index contributed by atoms with van der Waals surface area (Å²) in [5.41, 5.74) is 1.76. The first-order valence-electron chi connectivity index (χ1n) is 8.36. The highest BCUT2D eigenvalue weighted by Gasteiger charge is 2.30. The van der Waals surface area contributed by atoms with Crippen LogP contribution in [0.25, 0.3) is 10.6 Å². The van der Waals surface area contributed by atoms with Crippen LogP contribution in [-0.2, 0) is 11.9 Å². The van der Waals surface area contributed by atoms with Gasteiger partial charge in [-0.05, 0) is 47.3 Å². The number of anilines is 2. The van der Waals surface area contributed by atoms with Crippen molar-refractivity contribution >= 4 is 45.3 Å². The molecule has 0 amide bonds. The molecular weight excluding hydrogens is 437 g/mol. The van der Waals surface area contributed by atoms with Crippen LogP contribution in [0.3, 0.4) is 0 Å². The Morgan fingerprint density at radius 2 is 1.86 bits per heavy atom. The summed E-state index contributed by atoms with van der Waals surface area (Å²) in [4.78, 5) is 4.02. The zero-order valence-electron chi connectivity index (χ0n) is 14.7. The van der Waals surface area contributed by atoms with Crippen molar-refractivity contribution in [1.29, 1.82) is 0 Å². The van der Waals surface area contributed by atoms with Crippen LogP contribution in [0.1, 0.15) is 11.1 Å². The van der Waals surface area contributed by atoms with Gasteiger partial charge in [0.2, 0.25) is 5.13 Å². The molecule has 0 spiro atoms. The molecule has 0 saturated heterocycles. The predicted molar refractivity (Wildman–Crippen MR) is 112 cm³/mol.